The molecule has 1 rings (SSSR count). The summed E-state index contributed by atoms with van der Waals surface area (Å²) in [5.74, 6) is -0.833. The molecule has 0 aromatic rings. The molecule has 0 aliphatic carbocycles. The van der Waals surface area contributed by atoms with E-state index in [4.69, 9.17) is 9.47 Å². The molecule has 1 saturated heterocycles. The van der Waals surface area contributed by atoms with Gasteiger partial charge in [-0.2, -0.15) is 0 Å². The molecule has 0 aromatic carbocycles. The Balaban J connectivity index is 2.26. The maximum atomic E-state index is 12.5. The lowest BCUT2D eigenvalue weighted by Crippen LogP contribution is -2.43. The molecule has 0 radical (unpaired) electrons. The third-order valence-electron chi connectivity index (χ3n) is 4.48. The number of nitrogens with one attached hydrogen (secondary N) is 2. The quantitative estimate of drug-likeness (QED) is 0.449. The van der Waals surface area contributed by atoms with Crippen LogP contribution in [0.2, 0.25) is 0 Å². The van der Waals surface area contributed by atoms with E-state index in [2.05, 4.69) is 10.6 Å². The molecule has 9 heteroatoms. The monoisotopic (exact) mass is 432 g/mol. The summed E-state index contributed by atoms with van der Waals surface area (Å²) in [4.78, 5) is 35.9. The van der Waals surface area contributed by atoms with Crippen molar-refractivity contribution in [1.82, 2.24) is 10.6 Å². The number of amides is 2. The average molecular weight is 433 g/mol. The van der Waals surface area contributed by atoms with Gasteiger partial charge in [0.25, 0.3) is 0 Å². The maximum Gasteiger partial charge on any atom is 0.249 e. The Morgan fingerprint density at radius 3 is 2.52 bits per heavy atom. The number of thioether (sulfide) groups is 1. The second-order valence-corrected chi connectivity index (χ2v) is 9.69. The van der Waals surface area contributed by atoms with E-state index in [0.717, 1.165) is 11.8 Å². The van der Waals surface area contributed by atoms with Crippen molar-refractivity contribution in [1.29, 1.82) is 0 Å². The van der Waals surface area contributed by atoms with Crippen LogP contribution in [0.25, 0.3) is 0 Å². The first-order chi connectivity index (χ1) is 13.4. The Morgan fingerprint density at radius 1 is 1.17 bits per heavy atom. The van der Waals surface area contributed by atoms with Crippen molar-refractivity contribution < 1.29 is 29.0 Å². The van der Waals surface area contributed by atoms with Crippen LogP contribution in [0.3, 0.4) is 0 Å². The third kappa shape index (κ3) is 11.0. The SMILES string of the molecule is CC[C@H](O)CC(=O)SCCNC(=O)CCNC(=O)[C@H]1CC(C)(C)COC(C)(C)O1. The van der Waals surface area contributed by atoms with Crippen molar-refractivity contribution in [3.8, 4) is 0 Å². The van der Waals surface area contributed by atoms with Crippen molar-refractivity contribution in [2.45, 2.75) is 78.3 Å². The van der Waals surface area contributed by atoms with Gasteiger partial charge in [0, 0.05) is 31.7 Å². The molecule has 0 spiro atoms. The molecule has 29 heavy (non-hydrogen) atoms. The van der Waals surface area contributed by atoms with Crippen molar-refractivity contribution >= 4 is 28.7 Å². The molecule has 1 fully saturated rings. The van der Waals surface area contributed by atoms with Crippen molar-refractivity contribution in [2.24, 2.45) is 5.41 Å². The minimum Gasteiger partial charge on any atom is -0.393 e. The Kier molecular flexibility index (Phi) is 10.6. The number of carbonyl (C=O) groups excluding carboxylic acids is 3. The van der Waals surface area contributed by atoms with E-state index >= 15 is 0 Å². The average Bonchev–Trinajstić information content (AvgIpc) is 2.73. The summed E-state index contributed by atoms with van der Waals surface area (Å²) in [7, 11) is 0. The van der Waals surface area contributed by atoms with Gasteiger partial charge in [0.1, 0.15) is 6.10 Å². The highest BCUT2D eigenvalue weighted by molar-refractivity contribution is 8.13. The van der Waals surface area contributed by atoms with Crippen molar-refractivity contribution in [3.63, 3.8) is 0 Å². The first kappa shape index (κ1) is 25.9. The standard InChI is InChI=1S/C20H36N2O6S/c1-6-14(23)11-17(25)29-10-9-21-16(24)7-8-22-18(26)15-12-19(2,3)13-27-20(4,5)28-15/h14-15,23H,6-13H2,1-5H3,(H,21,24)(H,22,26)/t14-,15+/m0/s1. The van der Waals surface area contributed by atoms with Crippen LogP contribution < -0.4 is 10.6 Å². The Morgan fingerprint density at radius 2 is 1.86 bits per heavy atom. The molecule has 3 N–H and O–H groups in total. The van der Waals surface area contributed by atoms with E-state index in [1.165, 1.54) is 0 Å². The topological polar surface area (TPSA) is 114 Å². The lowest BCUT2D eigenvalue weighted by molar-refractivity contribution is -0.223. The second kappa shape index (κ2) is 11.9. The molecular weight excluding hydrogens is 396 g/mol. The molecule has 8 nitrogen and oxygen atoms in total. The Bertz CT molecular complexity index is 549. The number of rotatable bonds is 10. The summed E-state index contributed by atoms with van der Waals surface area (Å²) in [6, 6.07) is 0. The molecule has 0 aromatic heterocycles. The van der Waals surface area contributed by atoms with Gasteiger partial charge in [-0.3, -0.25) is 14.4 Å². The second-order valence-electron chi connectivity index (χ2n) is 8.54. The highest BCUT2D eigenvalue weighted by Gasteiger charge is 2.38. The molecular formula is C20H36N2O6S. The van der Waals surface area contributed by atoms with Crippen molar-refractivity contribution in [3.05, 3.63) is 0 Å². The summed E-state index contributed by atoms with van der Waals surface area (Å²) < 4.78 is 11.5. The number of hydrogen-bond acceptors (Lipinski definition) is 7. The zero-order chi connectivity index (χ0) is 22.1. The summed E-state index contributed by atoms with van der Waals surface area (Å²) >= 11 is 1.10. The van der Waals surface area contributed by atoms with E-state index in [1.807, 2.05) is 20.8 Å². The van der Waals surface area contributed by atoms with Gasteiger partial charge in [-0.05, 0) is 32.1 Å². The Labute approximate surface area is 177 Å². The summed E-state index contributed by atoms with van der Waals surface area (Å²) in [6.07, 6.45) is 0.118. The summed E-state index contributed by atoms with van der Waals surface area (Å²) in [6.45, 7) is 10.5. The first-order valence-corrected chi connectivity index (χ1v) is 11.1. The van der Waals surface area contributed by atoms with Crippen LogP contribution in [-0.4, -0.2) is 65.5 Å². The molecule has 168 valence electrons. The van der Waals surface area contributed by atoms with Gasteiger partial charge in [-0.1, -0.05) is 32.5 Å². The fourth-order valence-electron chi connectivity index (χ4n) is 2.75. The maximum absolute atomic E-state index is 12.5. The smallest absolute Gasteiger partial charge is 0.249 e. The number of aliphatic hydroxyl groups is 1. The van der Waals surface area contributed by atoms with Crippen LogP contribution >= 0.6 is 11.8 Å². The fourth-order valence-corrected chi connectivity index (χ4v) is 3.49. The van der Waals surface area contributed by atoms with Gasteiger partial charge >= 0.3 is 0 Å². The fraction of sp³-hybridized carbons (Fsp3) is 0.850. The molecule has 0 bridgehead atoms. The van der Waals surface area contributed by atoms with Gasteiger partial charge in [-0.25, -0.2) is 0 Å². The lowest BCUT2D eigenvalue weighted by atomic mass is 9.87. The van der Waals surface area contributed by atoms with Crippen LogP contribution in [0.15, 0.2) is 0 Å². The van der Waals surface area contributed by atoms with Gasteiger partial charge in [0.2, 0.25) is 11.8 Å². The minimum absolute atomic E-state index is 0.0842. The van der Waals surface area contributed by atoms with Crippen LogP contribution in [0.4, 0.5) is 0 Å². The molecule has 1 aliphatic heterocycles. The molecule has 1 aliphatic rings. The largest absolute Gasteiger partial charge is 0.393 e. The molecule has 0 saturated carbocycles. The highest BCUT2D eigenvalue weighted by atomic mass is 32.2. The molecule has 0 unspecified atom stereocenters. The normalized spacial score (nSPS) is 21.7. The summed E-state index contributed by atoms with van der Waals surface area (Å²) in [5.41, 5.74) is -0.185. The van der Waals surface area contributed by atoms with E-state index in [1.54, 1.807) is 13.8 Å². The van der Waals surface area contributed by atoms with Crippen LogP contribution in [0, 0.1) is 5.41 Å². The van der Waals surface area contributed by atoms with Crippen LogP contribution in [0.1, 0.15) is 60.3 Å². The third-order valence-corrected chi connectivity index (χ3v) is 5.38. The van der Waals surface area contributed by atoms with Gasteiger partial charge in [0.05, 0.1) is 12.7 Å². The molecule has 1 heterocycles. The predicted octanol–water partition coefficient (Wildman–Crippen LogP) is 1.60. The van der Waals surface area contributed by atoms with E-state index < -0.39 is 18.0 Å². The number of ether oxygens (including phenoxy) is 2. The van der Waals surface area contributed by atoms with Gasteiger partial charge < -0.3 is 25.2 Å². The van der Waals surface area contributed by atoms with E-state index in [9.17, 15) is 19.5 Å². The van der Waals surface area contributed by atoms with Gasteiger partial charge in [-0.15, -0.1) is 0 Å². The van der Waals surface area contributed by atoms with E-state index in [0.29, 0.717) is 31.7 Å². The minimum atomic E-state index is -0.838. The highest BCUT2D eigenvalue weighted by Crippen LogP contribution is 2.32. The van der Waals surface area contributed by atoms with Gasteiger partial charge in [0.15, 0.2) is 10.9 Å². The lowest BCUT2D eigenvalue weighted by Gasteiger charge is -2.26. The van der Waals surface area contributed by atoms with E-state index in [-0.39, 0.29) is 41.7 Å². The summed E-state index contributed by atoms with van der Waals surface area (Å²) in [5, 5.41) is 14.8. The zero-order valence-corrected chi connectivity index (χ0v) is 19.0. The predicted molar refractivity (Wildman–Crippen MR) is 112 cm³/mol. The Hall–Kier alpha value is -1.16. The number of hydrogen-bond donors (Lipinski definition) is 3. The number of carbonyl (C=O) groups is 3. The first-order valence-electron chi connectivity index (χ1n) is 10.1. The zero-order valence-electron chi connectivity index (χ0n) is 18.2. The van der Waals surface area contributed by atoms with Crippen LogP contribution in [-0.2, 0) is 23.9 Å². The van der Waals surface area contributed by atoms with Crippen LogP contribution in [0.5, 0.6) is 0 Å². The number of aliphatic hydroxyl groups excluding tert-OH is 1. The molecule has 2 amide bonds. The van der Waals surface area contributed by atoms with Crippen molar-refractivity contribution in [2.75, 3.05) is 25.4 Å². The molecule has 2 atom stereocenters.